The molecule has 0 spiro atoms. The van der Waals surface area contributed by atoms with Crippen molar-refractivity contribution in [1.29, 1.82) is 0 Å². The summed E-state index contributed by atoms with van der Waals surface area (Å²) in [6.07, 6.45) is 0.825. The monoisotopic (exact) mass is 426 g/mol. The van der Waals surface area contributed by atoms with Crippen molar-refractivity contribution >= 4 is 43.9 Å². The zero-order valence-corrected chi connectivity index (χ0v) is 17.3. The zero-order valence-electron chi connectivity index (χ0n) is 16.5. The summed E-state index contributed by atoms with van der Waals surface area (Å²) in [5.41, 5.74) is 3.15. The van der Waals surface area contributed by atoms with Gasteiger partial charge in [-0.05, 0) is 35.9 Å². The van der Waals surface area contributed by atoms with Crippen LogP contribution in [0.4, 0.5) is 5.69 Å². The highest BCUT2D eigenvalue weighted by Crippen LogP contribution is 2.24. The number of fused-ring (bicyclic) bond motifs is 2. The summed E-state index contributed by atoms with van der Waals surface area (Å²) in [6, 6.07) is 23.0. The number of hydrogen-bond acceptors (Lipinski definition) is 5. The van der Waals surface area contributed by atoms with Crippen LogP contribution in [0.25, 0.3) is 21.0 Å². The molecule has 0 aliphatic rings. The average Bonchev–Trinajstić information content (AvgIpc) is 3.20. The number of benzene rings is 3. The molecule has 0 aliphatic heterocycles. The maximum Gasteiger partial charge on any atom is 0.272 e. The van der Waals surface area contributed by atoms with Gasteiger partial charge in [-0.25, -0.2) is 10.1 Å². The molecule has 5 rings (SSSR count). The lowest BCUT2D eigenvalue weighted by atomic mass is 10.1. The van der Waals surface area contributed by atoms with E-state index in [9.17, 15) is 9.59 Å². The normalized spacial score (nSPS) is 11.1. The quantitative estimate of drug-likeness (QED) is 0.439. The lowest BCUT2D eigenvalue weighted by Crippen LogP contribution is -2.18. The van der Waals surface area contributed by atoms with Crippen LogP contribution in [0.15, 0.2) is 77.6 Å². The molecule has 0 saturated heterocycles. The second-order valence-electron chi connectivity index (χ2n) is 7.22. The summed E-state index contributed by atoms with van der Waals surface area (Å²) in [6.45, 7) is 0. The topological polar surface area (TPSA) is 87.7 Å². The van der Waals surface area contributed by atoms with E-state index in [2.05, 4.69) is 26.6 Å². The Morgan fingerprint density at radius 2 is 1.68 bits per heavy atom. The van der Waals surface area contributed by atoms with E-state index in [0.717, 1.165) is 22.5 Å². The Balaban J connectivity index is 1.27. The van der Waals surface area contributed by atoms with Gasteiger partial charge in [0.15, 0.2) is 0 Å². The third-order valence-corrected chi connectivity index (χ3v) is 6.07. The molecular weight excluding hydrogens is 408 g/mol. The fourth-order valence-electron chi connectivity index (χ4n) is 3.54. The Kier molecular flexibility index (Phi) is 5.01. The van der Waals surface area contributed by atoms with Gasteiger partial charge in [-0.2, -0.15) is 5.10 Å². The molecule has 6 nitrogen and oxygen atoms in total. The minimum atomic E-state index is -0.261. The molecule has 0 radical (unpaired) electrons. The van der Waals surface area contributed by atoms with E-state index in [1.54, 1.807) is 29.5 Å². The molecule has 2 aromatic heterocycles. The Morgan fingerprint density at radius 1 is 0.935 bits per heavy atom. The molecule has 0 atom stereocenters. The van der Waals surface area contributed by atoms with Gasteiger partial charge < -0.3 is 5.32 Å². The van der Waals surface area contributed by atoms with Crippen molar-refractivity contribution in [3.8, 4) is 0 Å². The summed E-state index contributed by atoms with van der Waals surface area (Å²) in [7, 11) is 0. The van der Waals surface area contributed by atoms with Crippen molar-refractivity contribution in [3.05, 3.63) is 99.4 Å². The highest BCUT2D eigenvalue weighted by atomic mass is 32.1. The summed E-state index contributed by atoms with van der Waals surface area (Å²) in [4.78, 5) is 29.1. The van der Waals surface area contributed by atoms with Crippen LogP contribution in [-0.2, 0) is 17.6 Å². The van der Waals surface area contributed by atoms with Crippen LogP contribution >= 0.6 is 11.3 Å². The van der Waals surface area contributed by atoms with Gasteiger partial charge in [0.1, 0.15) is 0 Å². The number of aromatic nitrogens is 3. The van der Waals surface area contributed by atoms with Crippen molar-refractivity contribution in [2.24, 2.45) is 0 Å². The molecule has 7 heteroatoms. The number of H-pyrrole nitrogens is 1. The third-order valence-electron chi connectivity index (χ3n) is 5.03. The molecule has 0 fully saturated rings. The lowest BCUT2D eigenvalue weighted by Gasteiger charge is -2.07. The molecule has 152 valence electrons. The fourth-order valence-corrected chi connectivity index (χ4v) is 4.54. The average molecular weight is 427 g/mol. The molecule has 1 amide bonds. The third kappa shape index (κ3) is 4.08. The smallest absolute Gasteiger partial charge is 0.272 e. The molecule has 2 heterocycles. The number of aromatic amines is 1. The van der Waals surface area contributed by atoms with E-state index in [1.165, 1.54) is 4.70 Å². The van der Waals surface area contributed by atoms with E-state index in [-0.39, 0.29) is 17.9 Å². The standard InChI is InChI=1S/C24H18N4O2S/c29-22(14-20-17-5-1-2-6-18(17)24(30)28-27-20)25-16-11-9-15(10-12-16)13-23-26-19-7-3-4-8-21(19)31-23/h1-12H,13-14H2,(H,25,29)(H,28,30). The van der Waals surface area contributed by atoms with Crippen molar-refractivity contribution < 1.29 is 4.79 Å². The number of anilines is 1. The fraction of sp³-hybridized carbons (Fsp3) is 0.0833. The first kappa shape index (κ1) is 19.1. The minimum absolute atomic E-state index is 0.0742. The highest BCUT2D eigenvalue weighted by Gasteiger charge is 2.11. The lowest BCUT2D eigenvalue weighted by molar-refractivity contribution is -0.115. The first-order valence-electron chi connectivity index (χ1n) is 9.85. The first-order chi connectivity index (χ1) is 15.2. The summed E-state index contributed by atoms with van der Waals surface area (Å²) in [5, 5.41) is 11.7. The van der Waals surface area contributed by atoms with Gasteiger partial charge in [-0.1, -0.05) is 42.5 Å². The Hall–Kier alpha value is -3.84. The van der Waals surface area contributed by atoms with Gasteiger partial charge in [0, 0.05) is 17.5 Å². The predicted molar refractivity (Wildman–Crippen MR) is 124 cm³/mol. The number of hydrogen-bond donors (Lipinski definition) is 2. The largest absolute Gasteiger partial charge is 0.326 e. The molecule has 31 heavy (non-hydrogen) atoms. The molecule has 5 aromatic rings. The molecule has 2 N–H and O–H groups in total. The van der Waals surface area contributed by atoms with Crippen molar-refractivity contribution in [1.82, 2.24) is 15.2 Å². The number of amides is 1. The number of thiazole rings is 1. The van der Waals surface area contributed by atoms with Crippen LogP contribution in [0.2, 0.25) is 0 Å². The van der Waals surface area contributed by atoms with Crippen molar-refractivity contribution in [3.63, 3.8) is 0 Å². The summed E-state index contributed by atoms with van der Waals surface area (Å²) in [5.74, 6) is -0.191. The van der Waals surface area contributed by atoms with Crippen LogP contribution < -0.4 is 10.9 Å². The van der Waals surface area contributed by atoms with E-state index in [1.807, 2.05) is 48.5 Å². The van der Waals surface area contributed by atoms with Gasteiger partial charge >= 0.3 is 0 Å². The first-order valence-corrected chi connectivity index (χ1v) is 10.7. The van der Waals surface area contributed by atoms with Crippen molar-refractivity contribution in [2.75, 3.05) is 5.32 Å². The van der Waals surface area contributed by atoms with Crippen LogP contribution in [0.5, 0.6) is 0 Å². The Bertz CT molecular complexity index is 1420. The zero-order chi connectivity index (χ0) is 21.2. The van der Waals surface area contributed by atoms with Gasteiger partial charge in [0.05, 0.1) is 32.7 Å². The van der Waals surface area contributed by atoms with Gasteiger partial charge in [-0.3, -0.25) is 9.59 Å². The molecule has 0 unspecified atom stereocenters. The van der Waals surface area contributed by atoms with Crippen LogP contribution in [0.3, 0.4) is 0 Å². The van der Waals surface area contributed by atoms with Gasteiger partial charge in [-0.15, -0.1) is 11.3 Å². The maximum absolute atomic E-state index is 12.5. The summed E-state index contributed by atoms with van der Waals surface area (Å²) >= 11 is 1.70. The van der Waals surface area contributed by atoms with Crippen molar-refractivity contribution in [2.45, 2.75) is 12.8 Å². The Labute approximate surface area is 181 Å². The number of carbonyl (C=O) groups is 1. The van der Waals surface area contributed by atoms with E-state index < -0.39 is 0 Å². The highest BCUT2D eigenvalue weighted by molar-refractivity contribution is 7.18. The number of nitrogens with one attached hydrogen (secondary N) is 2. The summed E-state index contributed by atoms with van der Waals surface area (Å²) < 4.78 is 1.18. The predicted octanol–water partition coefficient (Wildman–Crippen LogP) is 4.30. The maximum atomic E-state index is 12.5. The number of nitrogens with zero attached hydrogens (tertiary/aromatic N) is 2. The molecule has 0 saturated carbocycles. The number of carbonyl (C=O) groups excluding carboxylic acids is 1. The van der Waals surface area contributed by atoms with E-state index >= 15 is 0 Å². The van der Waals surface area contributed by atoms with Gasteiger partial charge in [0.2, 0.25) is 5.91 Å². The SMILES string of the molecule is O=C(Cc1n[nH]c(=O)c2ccccc12)Nc1ccc(Cc2nc3ccccc3s2)cc1. The molecule has 3 aromatic carbocycles. The van der Waals surface area contributed by atoms with Gasteiger partial charge in [0.25, 0.3) is 5.56 Å². The minimum Gasteiger partial charge on any atom is -0.326 e. The number of rotatable bonds is 5. The second-order valence-corrected chi connectivity index (χ2v) is 8.33. The van der Waals surface area contributed by atoms with Crippen LogP contribution in [-0.4, -0.2) is 21.1 Å². The molecular formula is C24H18N4O2S. The van der Waals surface area contributed by atoms with E-state index in [0.29, 0.717) is 22.2 Å². The molecule has 0 bridgehead atoms. The van der Waals surface area contributed by atoms with Crippen LogP contribution in [0.1, 0.15) is 16.3 Å². The second kappa shape index (κ2) is 8.12. The van der Waals surface area contributed by atoms with E-state index in [4.69, 9.17) is 0 Å². The Morgan fingerprint density at radius 3 is 2.48 bits per heavy atom. The molecule has 0 aliphatic carbocycles. The number of para-hydroxylation sites is 1. The van der Waals surface area contributed by atoms with Crippen LogP contribution in [0, 0.1) is 0 Å².